The van der Waals surface area contributed by atoms with Gasteiger partial charge in [0.15, 0.2) is 0 Å². The van der Waals surface area contributed by atoms with Crippen LogP contribution in [0.1, 0.15) is 69.0 Å². The van der Waals surface area contributed by atoms with Crippen LogP contribution in [0, 0.1) is 6.92 Å². The van der Waals surface area contributed by atoms with Crippen molar-refractivity contribution in [1.82, 2.24) is 10.6 Å². The molecule has 1 saturated heterocycles. The zero-order valence-corrected chi connectivity index (χ0v) is 23.1. The molecule has 0 saturated carbocycles. The Morgan fingerprint density at radius 3 is 2.26 bits per heavy atom. The molecule has 6 nitrogen and oxygen atoms in total. The predicted octanol–water partition coefficient (Wildman–Crippen LogP) is 6.25. The van der Waals surface area contributed by atoms with E-state index in [0.717, 1.165) is 50.8 Å². The maximum atomic E-state index is 12.6. The number of nitrogens with one attached hydrogen (secondary N) is 3. The van der Waals surface area contributed by atoms with Gasteiger partial charge in [0.25, 0.3) is 11.8 Å². The first kappa shape index (κ1) is 29.5. The summed E-state index contributed by atoms with van der Waals surface area (Å²) in [4.78, 5) is 24.9. The highest BCUT2D eigenvalue weighted by Gasteiger charge is 2.19. The second kappa shape index (κ2) is 14.2. The van der Waals surface area contributed by atoms with Crippen LogP contribution in [0.25, 0.3) is 0 Å². The Morgan fingerprint density at radius 2 is 1.58 bits per heavy atom. The summed E-state index contributed by atoms with van der Waals surface area (Å²) in [7, 11) is 0. The molecule has 8 heteroatoms. The number of aryl methyl sites for hydroxylation is 2. The van der Waals surface area contributed by atoms with Gasteiger partial charge in [0, 0.05) is 28.4 Å². The molecule has 1 heterocycles. The van der Waals surface area contributed by atoms with Crippen LogP contribution in [-0.4, -0.2) is 36.6 Å². The van der Waals surface area contributed by atoms with Crippen LogP contribution in [0.3, 0.4) is 0 Å². The highest BCUT2D eigenvalue weighted by molar-refractivity contribution is 6.30. The number of aromatic hydroxyl groups is 1. The van der Waals surface area contributed by atoms with Gasteiger partial charge in [0.05, 0.1) is 0 Å². The molecule has 3 aromatic rings. The molecule has 0 unspecified atom stereocenters. The van der Waals surface area contributed by atoms with Crippen molar-refractivity contribution in [1.29, 1.82) is 0 Å². The fourth-order valence-electron chi connectivity index (χ4n) is 4.76. The Kier molecular flexibility index (Phi) is 11.0. The van der Waals surface area contributed by atoms with Crippen molar-refractivity contribution in [3.63, 3.8) is 0 Å². The number of benzene rings is 3. The van der Waals surface area contributed by atoms with Gasteiger partial charge >= 0.3 is 0 Å². The fraction of sp³-hybridized carbons (Fsp3) is 0.333. The molecule has 0 atom stereocenters. The maximum absolute atomic E-state index is 12.6. The normalized spacial score (nSPS) is 13.4. The van der Waals surface area contributed by atoms with Crippen molar-refractivity contribution >= 4 is 41.5 Å². The molecule has 4 rings (SSSR count). The van der Waals surface area contributed by atoms with Gasteiger partial charge in [-0.2, -0.15) is 0 Å². The molecular weight excluding hydrogens is 521 g/mol. The number of carbonyl (C=O) groups is 2. The van der Waals surface area contributed by atoms with E-state index in [-0.39, 0.29) is 24.2 Å². The molecule has 38 heavy (non-hydrogen) atoms. The number of unbranched alkanes of at least 4 members (excludes halogenated alkanes) is 1. The van der Waals surface area contributed by atoms with Crippen LogP contribution < -0.4 is 16.0 Å². The minimum Gasteiger partial charge on any atom is -0.508 e. The lowest BCUT2D eigenvalue weighted by Crippen LogP contribution is -2.27. The molecule has 3 aromatic carbocycles. The topological polar surface area (TPSA) is 90.5 Å². The molecular formula is C30H35Cl2N3O3. The summed E-state index contributed by atoms with van der Waals surface area (Å²) < 4.78 is 0. The molecule has 1 aliphatic rings. The number of hydrogen-bond donors (Lipinski definition) is 4. The summed E-state index contributed by atoms with van der Waals surface area (Å²) in [6.45, 7) is 4.56. The van der Waals surface area contributed by atoms with E-state index in [2.05, 4.69) is 22.0 Å². The SMILES string of the molecule is Cc1cc(CCCCNC(=O)c2ccc(NC(=O)c3ccc(Cl)cc3)cc2)c(C2CCNCC2)cc1O.Cl. The van der Waals surface area contributed by atoms with Crippen molar-refractivity contribution in [2.24, 2.45) is 0 Å². The summed E-state index contributed by atoms with van der Waals surface area (Å²) in [6.07, 6.45) is 4.94. The number of amides is 2. The molecule has 0 radical (unpaired) electrons. The second-order valence-electron chi connectivity index (χ2n) is 9.61. The van der Waals surface area contributed by atoms with Gasteiger partial charge in [0.1, 0.15) is 5.75 Å². The summed E-state index contributed by atoms with van der Waals surface area (Å²) in [5.41, 5.74) is 5.17. The first-order valence-corrected chi connectivity index (χ1v) is 13.3. The fourth-order valence-corrected chi connectivity index (χ4v) is 4.88. The molecule has 0 aliphatic carbocycles. The summed E-state index contributed by atoms with van der Waals surface area (Å²) in [6, 6.07) is 17.6. The van der Waals surface area contributed by atoms with Crippen LogP contribution in [0.2, 0.25) is 5.02 Å². The van der Waals surface area contributed by atoms with Crippen LogP contribution in [0.5, 0.6) is 5.75 Å². The Labute approximate surface area is 235 Å². The van der Waals surface area contributed by atoms with Gasteiger partial charge in [-0.25, -0.2) is 0 Å². The van der Waals surface area contributed by atoms with Gasteiger partial charge in [-0.05, 0) is 129 Å². The van der Waals surface area contributed by atoms with Crippen molar-refractivity contribution in [2.75, 3.05) is 25.0 Å². The average Bonchev–Trinajstić information content (AvgIpc) is 2.91. The predicted molar refractivity (Wildman–Crippen MR) is 156 cm³/mol. The van der Waals surface area contributed by atoms with Gasteiger partial charge in [-0.15, -0.1) is 12.4 Å². The summed E-state index contributed by atoms with van der Waals surface area (Å²) in [5, 5.41) is 20.1. The Morgan fingerprint density at radius 1 is 0.947 bits per heavy atom. The lowest BCUT2D eigenvalue weighted by atomic mass is 9.84. The largest absolute Gasteiger partial charge is 0.508 e. The van der Waals surface area contributed by atoms with Crippen molar-refractivity contribution < 1.29 is 14.7 Å². The van der Waals surface area contributed by atoms with Crippen molar-refractivity contribution in [2.45, 2.75) is 44.9 Å². The minimum absolute atomic E-state index is 0. The lowest BCUT2D eigenvalue weighted by molar-refractivity contribution is 0.0952. The molecule has 0 spiro atoms. The summed E-state index contributed by atoms with van der Waals surface area (Å²) in [5.74, 6) is 0.494. The second-order valence-corrected chi connectivity index (χ2v) is 10.0. The zero-order chi connectivity index (χ0) is 26.2. The highest BCUT2D eigenvalue weighted by Crippen LogP contribution is 2.33. The molecule has 0 aromatic heterocycles. The van der Waals surface area contributed by atoms with E-state index in [1.807, 2.05) is 13.0 Å². The van der Waals surface area contributed by atoms with E-state index in [4.69, 9.17) is 11.6 Å². The van der Waals surface area contributed by atoms with E-state index >= 15 is 0 Å². The number of halogens is 2. The minimum atomic E-state index is -0.235. The van der Waals surface area contributed by atoms with Gasteiger partial charge in [0.2, 0.25) is 0 Å². The van der Waals surface area contributed by atoms with Crippen LogP contribution >= 0.6 is 24.0 Å². The number of rotatable bonds is 9. The van der Waals surface area contributed by atoms with Gasteiger partial charge in [-0.3, -0.25) is 9.59 Å². The third-order valence-electron chi connectivity index (χ3n) is 6.91. The number of piperidine rings is 1. The molecule has 0 bridgehead atoms. The molecule has 202 valence electrons. The highest BCUT2D eigenvalue weighted by atomic mass is 35.5. The Bertz CT molecular complexity index is 1220. The molecule has 4 N–H and O–H groups in total. The van der Waals surface area contributed by atoms with Gasteiger partial charge < -0.3 is 21.1 Å². The lowest BCUT2D eigenvalue weighted by Gasteiger charge is -2.26. The van der Waals surface area contributed by atoms with E-state index in [0.29, 0.717) is 40.0 Å². The molecule has 1 fully saturated rings. The monoisotopic (exact) mass is 555 g/mol. The number of carbonyl (C=O) groups excluding carboxylic acids is 2. The van der Waals surface area contributed by atoms with Crippen molar-refractivity contribution in [3.8, 4) is 5.75 Å². The first-order chi connectivity index (χ1) is 17.9. The van der Waals surface area contributed by atoms with E-state index < -0.39 is 0 Å². The number of phenolic OH excluding ortho intramolecular Hbond substituents is 1. The zero-order valence-electron chi connectivity index (χ0n) is 21.6. The van der Waals surface area contributed by atoms with Crippen LogP contribution in [-0.2, 0) is 6.42 Å². The van der Waals surface area contributed by atoms with Gasteiger partial charge in [-0.1, -0.05) is 17.7 Å². The van der Waals surface area contributed by atoms with Crippen LogP contribution in [0.4, 0.5) is 5.69 Å². The third-order valence-corrected chi connectivity index (χ3v) is 7.16. The van der Waals surface area contributed by atoms with E-state index in [1.165, 1.54) is 11.1 Å². The number of hydrogen-bond acceptors (Lipinski definition) is 4. The standard InChI is InChI=1S/C30H34ClN3O3.ClH/c1-20-18-24(27(19-28(20)35)21-13-16-32-17-14-21)4-2-3-15-33-29(36)22-7-11-26(12-8-22)34-30(37)23-5-9-25(31)10-6-23;/h5-12,18-19,21,32,35H,2-4,13-17H2,1H3,(H,33,36)(H,34,37);1H. The van der Waals surface area contributed by atoms with E-state index in [1.54, 1.807) is 48.5 Å². The third kappa shape index (κ3) is 7.97. The first-order valence-electron chi connectivity index (χ1n) is 12.9. The summed E-state index contributed by atoms with van der Waals surface area (Å²) >= 11 is 5.87. The molecule has 2 amide bonds. The Hall–Kier alpha value is -3.06. The Balaban J connectivity index is 0.00000400. The maximum Gasteiger partial charge on any atom is 0.255 e. The molecule has 1 aliphatic heterocycles. The average molecular weight is 557 g/mol. The number of anilines is 1. The van der Waals surface area contributed by atoms with Crippen LogP contribution in [0.15, 0.2) is 60.7 Å². The number of phenols is 1. The smallest absolute Gasteiger partial charge is 0.255 e. The van der Waals surface area contributed by atoms with Crippen molar-refractivity contribution in [3.05, 3.63) is 93.5 Å². The van der Waals surface area contributed by atoms with E-state index in [9.17, 15) is 14.7 Å². The quantitative estimate of drug-likeness (QED) is 0.235.